The van der Waals surface area contributed by atoms with E-state index in [2.05, 4.69) is 74.4 Å². The van der Waals surface area contributed by atoms with Crippen molar-refractivity contribution < 1.29 is 13.6 Å². The molecule has 0 radical (unpaired) electrons. The van der Waals surface area contributed by atoms with Crippen LogP contribution in [0.25, 0.3) is 0 Å². The Bertz CT molecular complexity index is 903. The van der Waals surface area contributed by atoms with Crippen LogP contribution in [0, 0.1) is 0 Å². The fraction of sp³-hybridized carbons (Fsp3) is 0.519. The van der Waals surface area contributed by atoms with Crippen molar-refractivity contribution in [1.29, 1.82) is 0 Å². The molecule has 0 fully saturated rings. The summed E-state index contributed by atoms with van der Waals surface area (Å²) >= 11 is 0. The zero-order valence-corrected chi connectivity index (χ0v) is 22.3. The Kier molecular flexibility index (Phi) is 6.87. The summed E-state index contributed by atoms with van der Waals surface area (Å²) in [6.07, 6.45) is 0.832. The highest BCUT2D eigenvalue weighted by molar-refractivity contribution is 6.66. The fourth-order valence-electron chi connectivity index (χ4n) is 3.49. The van der Waals surface area contributed by atoms with E-state index in [0.717, 1.165) is 12.0 Å². The Hall–Kier alpha value is -2.07. The van der Waals surface area contributed by atoms with Gasteiger partial charge in [0.2, 0.25) is 0 Å². The average Bonchev–Trinajstić information content (AvgIpc) is 2.58. The average molecular weight is 441 g/mol. The summed E-state index contributed by atoms with van der Waals surface area (Å²) in [7, 11) is -2.68. The SMILES string of the molecule is CC(C)(C)c1cc(C(C)(C)C)c(O[Si](C)(C)Oc2ccccc2C=O)c(C(C)(C)C)c1. The lowest BCUT2D eigenvalue weighted by molar-refractivity contribution is 0.112. The molecule has 170 valence electrons. The summed E-state index contributed by atoms with van der Waals surface area (Å²) in [4.78, 5) is 11.5. The Balaban J connectivity index is 2.66. The number of benzene rings is 2. The normalized spacial score (nSPS) is 13.1. The molecule has 2 rings (SSSR count). The first-order valence-corrected chi connectivity index (χ1v) is 13.9. The molecule has 3 nitrogen and oxygen atoms in total. The molecule has 0 saturated heterocycles. The van der Waals surface area contributed by atoms with Gasteiger partial charge in [-0.25, -0.2) is 0 Å². The minimum Gasteiger partial charge on any atom is -0.512 e. The van der Waals surface area contributed by atoms with Crippen LogP contribution in [0.2, 0.25) is 13.1 Å². The maximum Gasteiger partial charge on any atom is 0.454 e. The first-order chi connectivity index (χ1) is 14.0. The second-order valence-electron chi connectivity index (χ2n) is 11.9. The van der Waals surface area contributed by atoms with E-state index in [9.17, 15) is 4.79 Å². The highest BCUT2D eigenvalue weighted by Crippen LogP contribution is 2.44. The van der Waals surface area contributed by atoms with Crippen molar-refractivity contribution in [2.24, 2.45) is 0 Å². The summed E-state index contributed by atoms with van der Waals surface area (Å²) in [6, 6.07) is 11.9. The van der Waals surface area contributed by atoms with Gasteiger partial charge in [0.15, 0.2) is 6.29 Å². The molecule has 0 aliphatic rings. The summed E-state index contributed by atoms with van der Waals surface area (Å²) < 4.78 is 13.1. The molecule has 31 heavy (non-hydrogen) atoms. The molecule has 0 atom stereocenters. The number of para-hydroxylation sites is 1. The Morgan fingerprint density at radius 3 is 1.65 bits per heavy atom. The van der Waals surface area contributed by atoms with Crippen molar-refractivity contribution in [3.63, 3.8) is 0 Å². The number of carbonyl (C=O) groups excluding carboxylic acids is 1. The molecule has 0 heterocycles. The largest absolute Gasteiger partial charge is 0.512 e. The number of aldehydes is 1. The van der Waals surface area contributed by atoms with Crippen molar-refractivity contribution in [2.45, 2.75) is 91.7 Å². The predicted octanol–water partition coefficient (Wildman–Crippen LogP) is 7.55. The van der Waals surface area contributed by atoms with Crippen LogP contribution in [-0.4, -0.2) is 14.8 Å². The standard InChI is InChI=1S/C27H40O3Si/c1-25(2,3)20-16-21(26(4,5)6)24(22(17-20)27(7,8)9)30-31(10,11)29-23-15-13-12-14-19(23)18-28/h12-18H,1-11H3. The van der Waals surface area contributed by atoms with E-state index in [4.69, 9.17) is 8.85 Å². The molecule has 4 heteroatoms. The molecular formula is C27H40O3Si. The molecule has 0 amide bonds. The summed E-state index contributed by atoms with van der Waals surface area (Å²) in [5.74, 6) is 1.50. The van der Waals surface area contributed by atoms with Gasteiger partial charge in [-0.1, -0.05) is 86.6 Å². The van der Waals surface area contributed by atoms with E-state index in [1.54, 1.807) is 6.07 Å². The molecule has 0 saturated carbocycles. The second kappa shape index (κ2) is 8.46. The maximum atomic E-state index is 11.5. The van der Waals surface area contributed by atoms with E-state index in [-0.39, 0.29) is 16.2 Å². The Morgan fingerprint density at radius 2 is 1.23 bits per heavy atom. The fourth-order valence-corrected chi connectivity index (χ4v) is 4.96. The third kappa shape index (κ3) is 6.22. The maximum absolute atomic E-state index is 11.5. The smallest absolute Gasteiger partial charge is 0.454 e. The van der Waals surface area contributed by atoms with Gasteiger partial charge in [0.1, 0.15) is 11.5 Å². The molecule has 0 aromatic heterocycles. The van der Waals surface area contributed by atoms with Crippen LogP contribution in [0.3, 0.4) is 0 Å². The highest BCUT2D eigenvalue weighted by atomic mass is 28.4. The van der Waals surface area contributed by atoms with Crippen LogP contribution >= 0.6 is 0 Å². The lowest BCUT2D eigenvalue weighted by Crippen LogP contribution is -2.43. The highest BCUT2D eigenvalue weighted by Gasteiger charge is 2.36. The summed E-state index contributed by atoms with van der Waals surface area (Å²) in [6.45, 7) is 24.2. The van der Waals surface area contributed by atoms with Gasteiger partial charge in [-0.15, -0.1) is 0 Å². The topological polar surface area (TPSA) is 35.5 Å². The van der Waals surface area contributed by atoms with Crippen LogP contribution in [-0.2, 0) is 16.2 Å². The summed E-state index contributed by atoms with van der Waals surface area (Å²) in [5.41, 5.74) is 4.08. The third-order valence-electron chi connectivity index (χ3n) is 5.32. The van der Waals surface area contributed by atoms with Gasteiger partial charge >= 0.3 is 8.56 Å². The van der Waals surface area contributed by atoms with Gasteiger partial charge < -0.3 is 8.85 Å². The van der Waals surface area contributed by atoms with Crippen LogP contribution in [0.15, 0.2) is 36.4 Å². The molecule has 0 N–H and O–H groups in total. The zero-order chi connectivity index (χ0) is 23.8. The Morgan fingerprint density at radius 1 is 0.742 bits per heavy atom. The van der Waals surface area contributed by atoms with Crippen molar-refractivity contribution in [3.8, 4) is 11.5 Å². The van der Waals surface area contributed by atoms with Crippen LogP contribution in [0.1, 0.15) is 89.4 Å². The molecule has 0 bridgehead atoms. The first kappa shape index (κ1) is 25.2. The van der Waals surface area contributed by atoms with Crippen LogP contribution < -0.4 is 8.85 Å². The van der Waals surface area contributed by atoms with Crippen molar-refractivity contribution in [3.05, 3.63) is 58.7 Å². The number of rotatable bonds is 5. The number of carbonyl (C=O) groups is 1. The van der Waals surface area contributed by atoms with Crippen molar-refractivity contribution in [1.82, 2.24) is 0 Å². The molecule has 0 spiro atoms. The lowest BCUT2D eigenvalue weighted by Gasteiger charge is -2.36. The monoisotopic (exact) mass is 440 g/mol. The molecule has 0 unspecified atom stereocenters. The van der Waals surface area contributed by atoms with Gasteiger partial charge in [-0.05, 0) is 45.1 Å². The molecule has 0 aliphatic heterocycles. The minimum absolute atomic E-state index is 0.0326. The predicted molar refractivity (Wildman–Crippen MR) is 133 cm³/mol. The van der Waals surface area contributed by atoms with Crippen LogP contribution in [0.5, 0.6) is 11.5 Å². The minimum atomic E-state index is -2.68. The number of hydrogen-bond acceptors (Lipinski definition) is 3. The molecule has 2 aromatic carbocycles. The third-order valence-corrected chi connectivity index (χ3v) is 6.73. The van der Waals surface area contributed by atoms with Gasteiger partial charge in [-0.2, -0.15) is 0 Å². The van der Waals surface area contributed by atoms with E-state index in [1.165, 1.54) is 16.7 Å². The van der Waals surface area contributed by atoms with Gasteiger partial charge in [-0.3, -0.25) is 4.79 Å². The quantitative estimate of drug-likeness (QED) is 0.355. The van der Waals surface area contributed by atoms with E-state index in [0.29, 0.717) is 11.3 Å². The Labute approximate surface area is 190 Å². The van der Waals surface area contributed by atoms with Crippen molar-refractivity contribution >= 4 is 14.8 Å². The van der Waals surface area contributed by atoms with Gasteiger partial charge in [0, 0.05) is 13.1 Å². The van der Waals surface area contributed by atoms with Gasteiger partial charge in [0.05, 0.1) is 5.56 Å². The van der Waals surface area contributed by atoms with E-state index < -0.39 is 8.56 Å². The lowest BCUT2D eigenvalue weighted by atomic mass is 9.75. The second-order valence-corrected chi connectivity index (χ2v) is 15.1. The molecule has 0 aliphatic carbocycles. The first-order valence-electron chi connectivity index (χ1n) is 11.1. The zero-order valence-electron chi connectivity index (χ0n) is 21.3. The van der Waals surface area contributed by atoms with E-state index >= 15 is 0 Å². The molecular weight excluding hydrogens is 400 g/mol. The van der Waals surface area contributed by atoms with Crippen molar-refractivity contribution in [2.75, 3.05) is 0 Å². The summed E-state index contributed by atoms with van der Waals surface area (Å²) in [5, 5.41) is 0. The molecule has 2 aromatic rings. The number of hydrogen-bond donors (Lipinski definition) is 0. The van der Waals surface area contributed by atoms with E-state index in [1.807, 2.05) is 31.3 Å². The van der Waals surface area contributed by atoms with Gasteiger partial charge in [0.25, 0.3) is 0 Å². The van der Waals surface area contributed by atoms with Crippen LogP contribution in [0.4, 0.5) is 0 Å².